The molecule has 0 saturated heterocycles. The predicted octanol–water partition coefficient (Wildman–Crippen LogP) is 3.15. The van der Waals surface area contributed by atoms with Crippen LogP contribution in [0, 0.1) is 17.0 Å². The minimum absolute atomic E-state index is 0.0767. The van der Waals surface area contributed by atoms with Gasteiger partial charge in [-0.15, -0.1) is 0 Å². The van der Waals surface area contributed by atoms with Crippen LogP contribution in [0.4, 0.5) is 5.69 Å². The summed E-state index contributed by atoms with van der Waals surface area (Å²) in [7, 11) is -3.89. The van der Waals surface area contributed by atoms with E-state index in [0.717, 1.165) is 37.3 Å². The maximum atomic E-state index is 13.2. The molecule has 0 heterocycles. The minimum atomic E-state index is -3.89. The molecular formula is C21H23N3O5S. The van der Waals surface area contributed by atoms with Gasteiger partial charge in [-0.25, -0.2) is 8.42 Å². The van der Waals surface area contributed by atoms with Gasteiger partial charge in [-0.1, -0.05) is 18.2 Å². The zero-order valence-corrected chi connectivity index (χ0v) is 17.4. The molecular weight excluding hydrogens is 406 g/mol. The number of hydrogen-bond acceptors (Lipinski definition) is 5. The van der Waals surface area contributed by atoms with Crippen molar-refractivity contribution in [1.29, 1.82) is 0 Å². The van der Waals surface area contributed by atoms with Gasteiger partial charge in [-0.3, -0.25) is 14.9 Å². The largest absolute Gasteiger partial charge is 0.349 e. The van der Waals surface area contributed by atoms with E-state index in [0.29, 0.717) is 11.1 Å². The number of carbonyl (C=O) groups excluding carboxylic acids is 1. The van der Waals surface area contributed by atoms with E-state index in [2.05, 4.69) is 5.32 Å². The number of aryl methyl sites for hydroxylation is 1. The van der Waals surface area contributed by atoms with Crippen molar-refractivity contribution in [1.82, 2.24) is 9.62 Å². The maximum Gasteiger partial charge on any atom is 0.273 e. The molecule has 0 spiro atoms. The highest BCUT2D eigenvalue weighted by Crippen LogP contribution is 2.35. The summed E-state index contributed by atoms with van der Waals surface area (Å²) in [5, 5.41) is 14.2. The van der Waals surface area contributed by atoms with E-state index in [1.165, 1.54) is 16.4 Å². The third kappa shape index (κ3) is 4.36. The van der Waals surface area contributed by atoms with Crippen molar-refractivity contribution in [2.45, 2.75) is 56.1 Å². The number of sulfonamides is 1. The Morgan fingerprint density at radius 3 is 2.37 bits per heavy atom. The van der Waals surface area contributed by atoms with Gasteiger partial charge in [0.2, 0.25) is 10.0 Å². The molecule has 9 heteroatoms. The van der Waals surface area contributed by atoms with Gasteiger partial charge in [0.15, 0.2) is 0 Å². The highest BCUT2D eigenvalue weighted by molar-refractivity contribution is 7.89. The topological polar surface area (TPSA) is 110 Å². The molecule has 30 heavy (non-hydrogen) atoms. The van der Waals surface area contributed by atoms with Crippen molar-refractivity contribution < 1.29 is 18.1 Å². The van der Waals surface area contributed by atoms with Crippen molar-refractivity contribution in [2.24, 2.45) is 0 Å². The molecule has 0 atom stereocenters. The quantitative estimate of drug-likeness (QED) is 0.512. The first-order valence-corrected chi connectivity index (χ1v) is 11.4. The summed E-state index contributed by atoms with van der Waals surface area (Å²) >= 11 is 0. The van der Waals surface area contributed by atoms with Gasteiger partial charge in [-0.05, 0) is 56.4 Å². The minimum Gasteiger partial charge on any atom is -0.349 e. The standard InChI is InChI=1S/C21H23N3O5S/c1-14-2-11-19(12-20(14)24(26)27)30(28,29)23(18-9-10-18)13-15-3-5-16(6-4-15)21(25)22-17-7-8-17/h2-6,11-12,17-18H,7-10,13H2,1H3,(H,22,25). The molecule has 1 amide bonds. The average molecular weight is 429 g/mol. The van der Waals surface area contributed by atoms with Crippen molar-refractivity contribution >= 4 is 21.6 Å². The lowest BCUT2D eigenvalue weighted by molar-refractivity contribution is -0.385. The highest BCUT2D eigenvalue weighted by atomic mass is 32.2. The molecule has 4 rings (SSSR count). The van der Waals surface area contributed by atoms with Gasteiger partial charge < -0.3 is 5.32 Å². The number of carbonyl (C=O) groups is 1. The lowest BCUT2D eigenvalue weighted by Gasteiger charge is -2.22. The van der Waals surface area contributed by atoms with E-state index in [-0.39, 0.29) is 35.1 Å². The van der Waals surface area contributed by atoms with Crippen LogP contribution >= 0.6 is 0 Å². The molecule has 0 aliphatic heterocycles. The number of hydrogen-bond donors (Lipinski definition) is 1. The Morgan fingerprint density at radius 2 is 1.80 bits per heavy atom. The van der Waals surface area contributed by atoms with E-state index in [9.17, 15) is 23.3 Å². The Kier molecular flexibility index (Phi) is 5.33. The van der Waals surface area contributed by atoms with Crippen LogP contribution in [0.15, 0.2) is 47.4 Å². The normalized spacial score (nSPS) is 16.5. The van der Waals surface area contributed by atoms with E-state index in [4.69, 9.17) is 0 Å². The Labute approximate surface area is 175 Å². The lowest BCUT2D eigenvalue weighted by atomic mass is 10.1. The molecule has 0 radical (unpaired) electrons. The fourth-order valence-corrected chi connectivity index (χ4v) is 4.99. The summed E-state index contributed by atoms with van der Waals surface area (Å²) in [5.41, 5.74) is 1.51. The van der Waals surface area contributed by atoms with E-state index >= 15 is 0 Å². The number of nitro groups is 1. The Morgan fingerprint density at radius 1 is 1.13 bits per heavy atom. The molecule has 2 aliphatic carbocycles. The van der Waals surface area contributed by atoms with Gasteiger partial charge in [0.25, 0.3) is 11.6 Å². The smallest absolute Gasteiger partial charge is 0.273 e. The zero-order valence-electron chi connectivity index (χ0n) is 16.6. The average Bonchev–Trinajstić information content (AvgIpc) is 3.61. The molecule has 0 bridgehead atoms. The Bertz CT molecular complexity index is 1090. The second-order valence-corrected chi connectivity index (χ2v) is 9.82. The third-order valence-corrected chi connectivity index (χ3v) is 7.30. The van der Waals surface area contributed by atoms with Crippen molar-refractivity contribution in [2.75, 3.05) is 0 Å². The van der Waals surface area contributed by atoms with Crippen molar-refractivity contribution in [3.63, 3.8) is 0 Å². The first kappa shape index (κ1) is 20.5. The van der Waals surface area contributed by atoms with Crippen LogP contribution in [-0.2, 0) is 16.6 Å². The van der Waals surface area contributed by atoms with Gasteiger partial charge >= 0.3 is 0 Å². The summed E-state index contributed by atoms with van der Waals surface area (Å²) < 4.78 is 27.9. The van der Waals surface area contributed by atoms with E-state index in [1.807, 2.05) is 0 Å². The molecule has 1 N–H and O–H groups in total. The molecule has 158 valence electrons. The molecule has 2 saturated carbocycles. The fourth-order valence-electron chi connectivity index (χ4n) is 3.29. The number of nitrogens with zero attached hydrogens (tertiary/aromatic N) is 2. The summed E-state index contributed by atoms with van der Waals surface area (Å²) in [6.45, 7) is 1.73. The number of rotatable bonds is 8. The monoisotopic (exact) mass is 429 g/mol. The predicted molar refractivity (Wildman–Crippen MR) is 111 cm³/mol. The van der Waals surface area contributed by atoms with Gasteiger partial charge in [0.05, 0.1) is 9.82 Å². The highest BCUT2D eigenvalue weighted by Gasteiger charge is 2.38. The third-order valence-electron chi connectivity index (χ3n) is 5.41. The van der Waals surface area contributed by atoms with Gasteiger partial charge in [0.1, 0.15) is 0 Å². The van der Waals surface area contributed by atoms with Crippen molar-refractivity contribution in [3.8, 4) is 0 Å². The first-order valence-electron chi connectivity index (χ1n) is 9.92. The number of nitro benzene ring substituents is 1. The van der Waals surface area contributed by atoms with Gasteiger partial charge in [-0.2, -0.15) is 4.31 Å². The molecule has 0 aromatic heterocycles. The van der Waals surface area contributed by atoms with Gasteiger partial charge in [0, 0.05) is 35.8 Å². The van der Waals surface area contributed by atoms with Crippen molar-refractivity contribution in [3.05, 3.63) is 69.3 Å². The molecule has 2 aliphatic rings. The number of amides is 1. The Hall–Kier alpha value is -2.78. The SMILES string of the molecule is Cc1ccc(S(=O)(=O)N(Cc2ccc(C(=O)NC3CC3)cc2)C2CC2)cc1[N+](=O)[O-]. The molecule has 0 unspecified atom stereocenters. The second kappa shape index (κ2) is 7.81. The first-order chi connectivity index (χ1) is 14.3. The van der Waals surface area contributed by atoms with Crippen LogP contribution in [0.1, 0.15) is 47.2 Å². The molecule has 2 aromatic rings. The summed E-state index contributed by atoms with van der Waals surface area (Å²) in [4.78, 5) is 22.7. The molecule has 2 aromatic carbocycles. The molecule has 8 nitrogen and oxygen atoms in total. The van der Waals surface area contributed by atoms with E-state index < -0.39 is 14.9 Å². The van der Waals surface area contributed by atoms with Crippen LogP contribution in [-0.4, -0.2) is 35.6 Å². The zero-order chi connectivity index (χ0) is 21.5. The summed E-state index contributed by atoms with van der Waals surface area (Å²) in [5.74, 6) is -0.123. The van der Waals surface area contributed by atoms with Crippen LogP contribution in [0.3, 0.4) is 0 Å². The summed E-state index contributed by atoms with van der Waals surface area (Å²) in [6, 6.07) is 11.1. The fraction of sp³-hybridized carbons (Fsp3) is 0.381. The van der Waals surface area contributed by atoms with E-state index in [1.54, 1.807) is 31.2 Å². The van der Waals surface area contributed by atoms with Crippen LogP contribution in [0.25, 0.3) is 0 Å². The number of benzene rings is 2. The van der Waals surface area contributed by atoms with Crippen LogP contribution in [0.5, 0.6) is 0 Å². The van der Waals surface area contributed by atoms with Crippen LogP contribution in [0.2, 0.25) is 0 Å². The summed E-state index contributed by atoms with van der Waals surface area (Å²) in [6.07, 6.45) is 3.54. The Balaban J connectivity index is 1.56. The number of nitrogens with one attached hydrogen (secondary N) is 1. The molecule has 2 fully saturated rings. The van der Waals surface area contributed by atoms with Crippen LogP contribution < -0.4 is 5.32 Å². The maximum absolute atomic E-state index is 13.2. The second-order valence-electron chi connectivity index (χ2n) is 7.93. The lowest BCUT2D eigenvalue weighted by Crippen LogP contribution is -2.32.